The number of hydrogen-bond acceptors (Lipinski definition) is 3. The molecule has 112 valence electrons. The second-order valence-corrected chi connectivity index (χ2v) is 7.06. The van der Waals surface area contributed by atoms with Crippen molar-refractivity contribution in [1.82, 2.24) is 10.2 Å². The molecule has 2 rings (SSSR count). The van der Waals surface area contributed by atoms with Crippen molar-refractivity contribution in [3.05, 3.63) is 35.4 Å². The first kappa shape index (κ1) is 15.9. The lowest BCUT2D eigenvalue weighted by Crippen LogP contribution is -2.39. The molecule has 1 aliphatic heterocycles. The van der Waals surface area contributed by atoms with Crippen LogP contribution in [0.2, 0.25) is 0 Å². The van der Waals surface area contributed by atoms with Crippen LogP contribution in [0.4, 0.5) is 0 Å². The Morgan fingerprint density at radius 1 is 1.30 bits per heavy atom. The standard InChI is InChI=1S/C17H28N2S/c1-15-4-3-5-17(14-15)7-6-16(2)18-8-9-19-10-12-20-13-11-19/h3-5,14,16,18H,6-13H2,1-2H3. The molecule has 1 aliphatic rings. The summed E-state index contributed by atoms with van der Waals surface area (Å²) in [4.78, 5) is 2.58. The Morgan fingerprint density at radius 2 is 2.10 bits per heavy atom. The number of aryl methyl sites for hydroxylation is 2. The van der Waals surface area contributed by atoms with Crippen molar-refractivity contribution >= 4 is 11.8 Å². The fraction of sp³-hybridized carbons (Fsp3) is 0.647. The van der Waals surface area contributed by atoms with E-state index in [9.17, 15) is 0 Å². The summed E-state index contributed by atoms with van der Waals surface area (Å²) in [6.07, 6.45) is 2.40. The van der Waals surface area contributed by atoms with Crippen LogP contribution in [0.1, 0.15) is 24.5 Å². The van der Waals surface area contributed by atoms with Gasteiger partial charge in [-0.2, -0.15) is 11.8 Å². The van der Waals surface area contributed by atoms with Crippen LogP contribution in [-0.4, -0.2) is 48.6 Å². The van der Waals surface area contributed by atoms with Crippen molar-refractivity contribution in [2.24, 2.45) is 0 Å². The van der Waals surface area contributed by atoms with Crippen LogP contribution < -0.4 is 5.32 Å². The monoisotopic (exact) mass is 292 g/mol. The van der Waals surface area contributed by atoms with Gasteiger partial charge in [-0.15, -0.1) is 0 Å². The molecule has 1 unspecified atom stereocenters. The number of nitrogens with zero attached hydrogens (tertiary/aromatic N) is 1. The van der Waals surface area contributed by atoms with E-state index in [1.165, 1.54) is 55.1 Å². The summed E-state index contributed by atoms with van der Waals surface area (Å²) in [7, 11) is 0. The first-order valence-electron chi connectivity index (χ1n) is 7.83. The number of hydrogen-bond donors (Lipinski definition) is 1. The summed E-state index contributed by atoms with van der Waals surface area (Å²) in [6, 6.07) is 9.48. The van der Waals surface area contributed by atoms with Crippen molar-refractivity contribution in [3.63, 3.8) is 0 Å². The van der Waals surface area contributed by atoms with Gasteiger partial charge in [-0.25, -0.2) is 0 Å². The predicted molar refractivity (Wildman–Crippen MR) is 90.7 cm³/mol. The highest BCUT2D eigenvalue weighted by Gasteiger charge is 2.10. The van der Waals surface area contributed by atoms with Crippen LogP contribution in [-0.2, 0) is 6.42 Å². The van der Waals surface area contributed by atoms with Gasteiger partial charge in [0.1, 0.15) is 0 Å². The number of benzene rings is 1. The van der Waals surface area contributed by atoms with E-state index in [0.717, 1.165) is 6.54 Å². The quantitative estimate of drug-likeness (QED) is 0.832. The second-order valence-electron chi connectivity index (χ2n) is 5.84. The van der Waals surface area contributed by atoms with Gasteiger partial charge in [0.2, 0.25) is 0 Å². The molecule has 3 heteroatoms. The third-order valence-corrected chi connectivity index (χ3v) is 4.92. The Morgan fingerprint density at radius 3 is 2.85 bits per heavy atom. The maximum atomic E-state index is 3.67. The molecule has 1 atom stereocenters. The summed E-state index contributed by atoms with van der Waals surface area (Å²) >= 11 is 2.08. The van der Waals surface area contributed by atoms with Gasteiger partial charge in [0, 0.05) is 43.7 Å². The van der Waals surface area contributed by atoms with Crippen molar-refractivity contribution in [2.45, 2.75) is 32.7 Å². The molecule has 0 amide bonds. The minimum Gasteiger partial charge on any atom is -0.313 e. The fourth-order valence-electron chi connectivity index (χ4n) is 2.65. The molecule has 2 nitrogen and oxygen atoms in total. The Balaban J connectivity index is 1.59. The molecule has 1 saturated heterocycles. The van der Waals surface area contributed by atoms with Crippen LogP contribution in [0.5, 0.6) is 0 Å². The van der Waals surface area contributed by atoms with E-state index in [0.29, 0.717) is 6.04 Å². The normalized spacial score (nSPS) is 18.1. The van der Waals surface area contributed by atoms with Crippen LogP contribution >= 0.6 is 11.8 Å². The van der Waals surface area contributed by atoms with E-state index in [4.69, 9.17) is 0 Å². The molecule has 0 aromatic heterocycles. The highest BCUT2D eigenvalue weighted by atomic mass is 32.2. The Labute approximate surface area is 128 Å². The van der Waals surface area contributed by atoms with Gasteiger partial charge in [0.15, 0.2) is 0 Å². The van der Waals surface area contributed by atoms with Gasteiger partial charge < -0.3 is 10.2 Å². The lowest BCUT2D eigenvalue weighted by molar-refractivity contribution is 0.295. The lowest BCUT2D eigenvalue weighted by Gasteiger charge is -2.26. The molecule has 1 aromatic carbocycles. The van der Waals surface area contributed by atoms with E-state index in [-0.39, 0.29) is 0 Å². The van der Waals surface area contributed by atoms with Gasteiger partial charge in [-0.1, -0.05) is 29.8 Å². The van der Waals surface area contributed by atoms with Crippen LogP contribution in [0.15, 0.2) is 24.3 Å². The van der Waals surface area contributed by atoms with Crippen LogP contribution in [0.25, 0.3) is 0 Å². The number of thioether (sulfide) groups is 1. The SMILES string of the molecule is Cc1cccc(CCC(C)NCCN2CCSCC2)c1. The zero-order chi connectivity index (χ0) is 14.2. The third kappa shape index (κ3) is 5.86. The summed E-state index contributed by atoms with van der Waals surface area (Å²) < 4.78 is 0. The first-order valence-corrected chi connectivity index (χ1v) is 8.98. The molecule has 0 spiro atoms. The zero-order valence-corrected chi connectivity index (χ0v) is 13.7. The van der Waals surface area contributed by atoms with Crippen LogP contribution in [0.3, 0.4) is 0 Å². The van der Waals surface area contributed by atoms with Crippen LogP contribution in [0, 0.1) is 6.92 Å². The molecular weight excluding hydrogens is 264 g/mol. The smallest absolute Gasteiger partial charge is 0.0108 e. The topological polar surface area (TPSA) is 15.3 Å². The average Bonchev–Trinajstić information content (AvgIpc) is 2.46. The largest absolute Gasteiger partial charge is 0.313 e. The lowest BCUT2D eigenvalue weighted by atomic mass is 10.0. The van der Waals surface area contributed by atoms with E-state index in [1.54, 1.807) is 0 Å². The first-order chi connectivity index (χ1) is 9.74. The van der Waals surface area contributed by atoms with E-state index in [2.05, 4.69) is 60.1 Å². The zero-order valence-electron chi connectivity index (χ0n) is 12.9. The maximum absolute atomic E-state index is 3.67. The van der Waals surface area contributed by atoms with E-state index < -0.39 is 0 Å². The van der Waals surface area contributed by atoms with E-state index >= 15 is 0 Å². The highest BCUT2D eigenvalue weighted by Crippen LogP contribution is 2.09. The van der Waals surface area contributed by atoms with Crippen molar-refractivity contribution in [3.8, 4) is 0 Å². The molecule has 0 aliphatic carbocycles. The van der Waals surface area contributed by atoms with Gasteiger partial charge in [0.05, 0.1) is 0 Å². The molecule has 0 radical (unpaired) electrons. The van der Waals surface area contributed by atoms with Crippen molar-refractivity contribution < 1.29 is 0 Å². The molecule has 1 heterocycles. The minimum absolute atomic E-state index is 0.606. The average molecular weight is 292 g/mol. The number of rotatable bonds is 7. The maximum Gasteiger partial charge on any atom is 0.0108 e. The van der Waals surface area contributed by atoms with Gasteiger partial charge in [0.25, 0.3) is 0 Å². The molecule has 0 bridgehead atoms. The molecule has 1 N–H and O–H groups in total. The van der Waals surface area contributed by atoms with Gasteiger partial charge >= 0.3 is 0 Å². The number of nitrogens with one attached hydrogen (secondary N) is 1. The van der Waals surface area contributed by atoms with Crippen molar-refractivity contribution in [1.29, 1.82) is 0 Å². The molecule has 0 saturated carbocycles. The second kappa shape index (κ2) is 8.71. The Kier molecular flexibility index (Phi) is 6.91. The Hall–Kier alpha value is -0.510. The highest BCUT2D eigenvalue weighted by molar-refractivity contribution is 7.99. The molecular formula is C17H28N2S. The minimum atomic E-state index is 0.606. The van der Waals surface area contributed by atoms with E-state index in [1.807, 2.05) is 0 Å². The molecule has 20 heavy (non-hydrogen) atoms. The molecule has 1 aromatic rings. The molecule has 1 fully saturated rings. The predicted octanol–water partition coefficient (Wildman–Crippen LogP) is 2.95. The van der Waals surface area contributed by atoms with Gasteiger partial charge in [-0.3, -0.25) is 0 Å². The van der Waals surface area contributed by atoms with Gasteiger partial charge in [-0.05, 0) is 32.3 Å². The summed E-state index contributed by atoms with van der Waals surface area (Å²) in [5.41, 5.74) is 2.83. The summed E-state index contributed by atoms with van der Waals surface area (Å²) in [5, 5.41) is 3.67. The summed E-state index contributed by atoms with van der Waals surface area (Å²) in [5.74, 6) is 2.62. The Bertz CT molecular complexity index is 388. The van der Waals surface area contributed by atoms with Crippen molar-refractivity contribution in [2.75, 3.05) is 37.7 Å². The fourth-order valence-corrected chi connectivity index (χ4v) is 3.63. The summed E-state index contributed by atoms with van der Waals surface area (Å²) in [6.45, 7) is 9.34. The third-order valence-electron chi connectivity index (χ3n) is 3.97.